The fourth-order valence-corrected chi connectivity index (χ4v) is 4.32. The minimum Gasteiger partial charge on any atom is -0.469 e. The van der Waals surface area contributed by atoms with E-state index in [0.717, 1.165) is 48.3 Å². The molecule has 0 aliphatic carbocycles. The van der Waals surface area contributed by atoms with Crippen LogP contribution in [0, 0.1) is 5.92 Å². The summed E-state index contributed by atoms with van der Waals surface area (Å²) < 4.78 is 8.42. The molecule has 1 N–H and O–H groups in total. The van der Waals surface area contributed by atoms with E-state index in [1.54, 1.807) is 4.57 Å². The topological polar surface area (TPSA) is 65.3 Å². The molecular formula is C24H30ClN3O3. The summed E-state index contributed by atoms with van der Waals surface area (Å²) in [4.78, 5) is 24.7. The molecule has 166 valence electrons. The molecule has 2 aromatic carbocycles. The minimum atomic E-state index is -0.216. The lowest BCUT2D eigenvalue weighted by atomic mass is 9.95. The summed E-state index contributed by atoms with van der Waals surface area (Å²) in [5.41, 5.74) is 3.80. The largest absolute Gasteiger partial charge is 0.469 e. The molecule has 6 nitrogen and oxygen atoms in total. The fourth-order valence-electron chi connectivity index (χ4n) is 4.32. The van der Waals surface area contributed by atoms with Crippen molar-refractivity contribution in [1.29, 1.82) is 0 Å². The third-order valence-corrected chi connectivity index (χ3v) is 6.10. The van der Waals surface area contributed by atoms with Crippen LogP contribution in [-0.4, -0.2) is 35.3 Å². The first-order valence-corrected chi connectivity index (χ1v) is 10.7. The molecule has 0 atom stereocenters. The van der Waals surface area contributed by atoms with E-state index >= 15 is 0 Å². The number of carbonyl (C=O) groups is 1. The van der Waals surface area contributed by atoms with Crippen molar-refractivity contribution in [1.82, 2.24) is 14.5 Å². The SMILES string of the molecule is COC(=O)CCc1ccc(-n2c(=O)n(CCC3CCNCC3)c3ccccc32)cc1.Cl. The van der Waals surface area contributed by atoms with Gasteiger partial charge in [0.25, 0.3) is 0 Å². The van der Waals surface area contributed by atoms with Crippen LogP contribution in [-0.2, 0) is 22.5 Å². The molecule has 1 fully saturated rings. The van der Waals surface area contributed by atoms with Crippen molar-refractivity contribution < 1.29 is 9.53 Å². The Hall–Kier alpha value is -2.57. The number of nitrogens with zero attached hydrogens (tertiary/aromatic N) is 2. The van der Waals surface area contributed by atoms with Gasteiger partial charge in [-0.1, -0.05) is 24.3 Å². The van der Waals surface area contributed by atoms with Crippen molar-refractivity contribution in [3.8, 4) is 5.69 Å². The van der Waals surface area contributed by atoms with Crippen molar-refractivity contribution >= 4 is 29.4 Å². The number of ether oxygens (including phenoxy) is 1. The van der Waals surface area contributed by atoms with Crippen molar-refractivity contribution in [2.45, 2.75) is 38.6 Å². The lowest BCUT2D eigenvalue weighted by Crippen LogP contribution is -2.29. The third-order valence-electron chi connectivity index (χ3n) is 6.10. The second-order valence-corrected chi connectivity index (χ2v) is 7.98. The molecule has 1 saturated heterocycles. The van der Waals surface area contributed by atoms with Crippen molar-refractivity contribution in [2.75, 3.05) is 20.2 Å². The number of methoxy groups -OCH3 is 1. The number of carbonyl (C=O) groups excluding carboxylic acids is 1. The van der Waals surface area contributed by atoms with Crippen LogP contribution < -0.4 is 11.0 Å². The lowest BCUT2D eigenvalue weighted by Gasteiger charge is -2.22. The van der Waals surface area contributed by atoms with E-state index in [1.165, 1.54) is 20.0 Å². The average molecular weight is 444 g/mol. The van der Waals surface area contributed by atoms with E-state index in [4.69, 9.17) is 4.74 Å². The molecule has 0 saturated carbocycles. The van der Waals surface area contributed by atoms with Crippen LogP contribution in [0.15, 0.2) is 53.3 Å². The maximum Gasteiger partial charge on any atom is 0.333 e. The summed E-state index contributed by atoms with van der Waals surface area (Å²) in [5, 5.41) is 3.40. The molecule has 0 radical (unpaired) electrons. The van der Waals surface area contributed by atoms with Crippen LogP contribution in [0.5, 0.6) is 0 Å². The Balaban J connectivity index is 0.00000272. The molecule has 1 aromatic heterocycles. The zero-order valence-corrected chi connectivity index (χ0v) is 18.7. The number of aromatic nitrogens is 2. The van der Waals surface area contributed by atoms with Gasteiger partial charge in [-0.2, -0.15) is 0 Å². The van der Waals surface area contributed by atoms with Gasteiger partial charge < -0.3 is 10.1 Å². The highest BCUT2D eigenvalue weighted by Crippen LogP contribution is 2.21. The van der Waals surface area contributed by atoms with Gasteiger partial charge in [0.05, 0.1) is 23.8 Å². The zero-order chi connectivity index (χ0) is 20.9. The minimum absolute atomic E-state index is 0. The van der Waals surface area contributed by atoms with Gasteiger partial charge in [0, 0.05) is 13.0 Å². The van der Waals surface area contributed by atoms with E-state index in [1.807, 2.05) is 53.1 Å². The van der Waals surface area contributed by atoms with Crippen LogP contribution in [0.4, 0.5) is 0 Å². The standard InChI is InChI=1S/C24H29N3O3.ClH/c1-30-23(28)11-8-18-6-9-20(10-7-18)27-22-5-3-2-4-21(22)26(24(27)29)17-14-19-12-15-25-16-13-19;/h2-7,9-10,19,25H,8,11-17H2,1H3;1H. The number of hydrogen-bond donors (Lipinski definition) is 1. The summed E-state index contributed by atoms with van der Waals surface area (Å²) in [6.07, 6.45) is 4.37. The summed E-state index contributed by atoms with van der Waals surface area (Å²) in [6.45, 7) is 2.89. The van der Waals surface area contributed by atoms with Crippen LogP contribution in [0.25, 0.3) is 16.7 Å². The predicted octanol–water partition coefficient (Wildman–Crippen LogP) is 3.71. The Kier molecular flexibility index (Phi) is 7.93. The highest BCUT2D eigenvalue weighted by Gasteiger charge is 2.17. The number of esters is 1. The Morgan fingerprint density at radius 2 is 1.74 bits per heavy atom. The highest BCUT2D eigenvalue weighted by molar-refractivity contribution is 5.85. The molecule has 0 unspecified atom stereocenters. The second kappa shape index (κ2) is 10.6. The van der Waals surface area contributed by atoms with E-state index < -0.39 is 0 Å². The molecule has 0 spiro atoms. The lowest BCUT2D eigenvalue weighted by molar-refractivity contribution is -0.140. The number of imidazole rings is 1. The fraction of sp³-hybridized carbons (Fsp3) is 0.417. The molecule has 7 heteroatoms. The van der Waals surface area contributed by atoms with E-state index in [2.05, 4.69) is 5.32 Å². The molecule has 2 heterocycles. The molecule has 0 amide bonds. The molecule has 3 aromatic rings. The summed E-state index contributed by atoms with van der Waals surface area (Å²) in [5.74, 6) is 0.460. The number of benzene rings is 2. The number of aryl methyl sites for hydroxylation is 2. The van der Waals surface area contributed by atoms with E-state index in [9.17, 15) is 9.59 Å². The van der Waals surface area contributed by atoms with Crippen LogP contribution in [0.2, 0.25) is 0 Å². The number of hydrogen-bond acceptors (Lipinski definition) is 4. The summed E-state index contributed by atoms with van der Waals surface area (Å²) in [6, 6.07) is 15.9. The Morgan fingerprint density at radius 3 is 2.42 bits per heavy atom. The number of piperidine rings is 1. The third kappa shape index (κ3) is 5.20. The maximum atomic E-state index is 13.4. The Bertz CT molecular complexity index is 1070. The smallest absolute Gasteiger partial charge is 0.333 e. The maximum absolute atomic E-state index is 13.4. The second-order valence-electron chi connectivity index (χ2n) is 7.98. The first-order valence-electron chi connectivity index (χ1n) is 10.7. The van der Waals surface area contributed by atoms with Gasteiger partial charge >= 0.3 is 11.7 Å². The molecule has 0 bridgehead atoms. The first-order chi connectivity index (χ1) is 14.7. The highest BCUT2D eigenvalue weighted by atomic mass is 35.5. The Morgan fingerprint density at radius 1 is 1.06 bits per heavy atom. The number of nitrogens with one attached hydrogen (secondary N) is 1. The monoisotopic (exact) mass is 443 g/mol. The molecule has 1 aliphatic heterocycles. The van der Waals surface area contributed by atoms with Crippen LogP contribution in [0.1, 0.15) is 31.2 Å². The van der Waals surface area contributed by atoms with Crippen molar-refractivity contribution in [3.05, 3.63) is 64.6 Å². The quantitative estimate of drug-likeness (QED) is 0.565. The normalized spacial score (nSPS) is 14.4. The molecule has 4 rings (SSSR count). The van der Waals surface area contributed by atoms with Crippen LogP contribution >= 0.6 is 12.4 Å². The first kappa shape index (κ1) is 23.1. The Labute approximate surface area is 188 Å². The number of para-hydroxylation sites is 2. The van der Waals surface area contributed by atoms with Gasteiger partial charge in [0.2, 0.25) is 0 Å². The van der Waals surface area contributed by atoms with Crippen molar-refractivity contribution in [2.24, 2.45) is 5.92 Å². The van der Waals surface area contributed by atoms with Gasteiger partial charge in [0.15, 0.2) is 0 Å². The number of halogens is 1. The average Bonchev–Trinajstić information content (AvgIpc) is 3.08. The van der Waals surface area contributed by atoms with Crippen molar-refractivity contribution in [3.63, 3.8) is 0 Å². The van der Waals surface area contributed by atoms with E-state index in [-0.39, 0.29) is 24.1 Å². The zero-order valence-electron chi connectivity index (χ0n) is 17.9. The summed E-state index contributed by atoms with van der Waals surface area (Å²) in [7, 11) is 1.40. The molecule has 1 aliphatic rings. The molecule has 31 heavy (non-hydrogen) atoms. The van der Waals surface area contributed by atoms with Gasteiger partial charge in [-0.15, -0.1) is 12.4 Å². The predicted molar refractivity (Wildman–Crippen MR) is 125 cm³/mol. The molecular weight excluding hydrogens is 414 g/mol. The van der Waals surface area contributed by atoms with Gasteiger partial charge in [-0.05, 0) is 74.5 Å². The van der Waals surface area contributed by atoms with Gasteiger partial charge in [-0.3, -0.25) is 13.9 Å². The van der Waals surface area contributed by atoms with Crippen LogP contribution in [0.3, 0.4) is 0 Å². The number of rotatable bonds is 7. The van der Waals surface area contributed by atoms with Gasteiger partial charge in [0.1, 0.15) is 0 Å². The van der Waals surface area contributed by atoms with E-state index in [0.29, 0.717) is 18.8 Å². The number of fused-ring (bicyclic) bond motifs is 1. The van der Waals surface area contributed by atoms with Gasteiger partial charge in [-0.25, -0.2) is 4.79 Å². The summed E-state index contributed by atoms with van der Waals surface area (Å²) >= 11 is 0.